The van der Waals surface area contributed by atoms with E-state index in [4.69, 9.17) is 0 Å². The number of carbonyl (C=O) groups excluding carboxylic acids is 1. The molecule has 1 aliphatic rings. The first-order valence-corrected chi connectivity index (χ1v) is 8.11. The number of benzene rings is 1. The first-order chi connectivity index (χ1) is 9.56. The van der Waals surface area contributed by atoms with Crippen molar-refractivity contribution in [3.8, 4) is 0 Å². The highest BCUT2D eigenvalue weighted by Crippen LogP contribution is 2.21. The van der Waals surface area contributed by atoms with E-state index in [2.05, 4.69) is 41.2 Å². The molecule has 0 aliphatic carbocycles. The highest BCUT2D eigenvalue weighted by molar-refractivity contribution is 9.10. The Kier molecular flexibility index (Phi) is 5.46. The Morgan fingerprint density at radius 1 is 1.30 bits per heavy atom. The van der Waals surface area contributed by atoms with Crippen LogP contribution in [0.2, 0.25) is 0 Å². The van der Waals surface area contributed by atoms with E-state index in [-0.39, 0.29) is 6.03 Å². The van der Waals surface area contributed by atoms with Crippen molar-refractivity contribution in [1.82, 2.24) is 10.2 Å². The van der Waals surface area contributed by atoms with Crippen molar-refractivity contribution < 1.29 is 4.79 Å². The van der Waals surface area contributed by atoms with Crippen molar-refractivity contribution in [2.75, 3.05) is 19.6 Å². The minimum absolute atomic E-state index is 0.0791. The summed E-state index contributed by atoms with van der Waals surface area (Å²) in [5.41, 5.74) is 1.23. The topological polar surface area (TPSA) is 32.3 Å². The maximum absolute atomic E-state index is 12.2. The fourth-order valence-electron chi connectivity index (χ4n) is 2.95. The Labute approximate surface area is 129 Å². The van der Waals surface area contributed by atoms with Gasteiger partial charge in [0.25, 0.3) is 0 Å². The Hall–Kier alpha value is -1.03. The number of urea groups is 1. The van der Waals surface area contributed by atoms with Gasteiger partial charge >= 0.3 is 6.03 Å². The molecule has 0 spiro atoms. The van der Waals surface area contributed by atoms with Crippen LogP contribution in [-0.4, -0.2) is 30.6 Å². The van der Waals surface area contributed by atoms with Crippen LogP contribution in [0, 0.1) is 11.8 Å². The average molecular weight is 339 g/mol. The van der Waals surface area contributed by atoms with Crippen molar-refractivity contribution in [1.29, 1.82) is 0 Å². The lowest BCUT2D eigenvalue weighted by atomic mass is 9.92. The molecule has 1 N–H and O–H groups in total. The highest BCUT2D eigenvalue weighted by atomic mass is 79.9. The molecule has 20 heavy (non-hydrogen) atoms. The highest BCUT2D eigenvalue weighted by Gasteiger charge is 2.24. The van der Waals surface area contributed by atoms with E-state index >= 15 is 0 Å². The molecule has 2 amide bonds. The second-order valence-electron chi connectivity index (χ2n) is 5.92. The smallest absolute Gasteiger partial charge is 0.317 e. The zero-order chi connectivity index (χ0) is 14.5. The van der Waals surface area contributed by atoms with E-state index < -0.39 is 0 Å². The quantitative estimate of drug-likeness (QED) is 0.895. The number of amides is 2. The number of hydrogen-bond donors (Lipinski definition) is 1. The fraction of sp³-hybridized carbons (Fsp3) is 0.562. The Morgan fingerprint density at radius 3 is 2.60 bits per heavy atom. The summed E-state index contributed by atoms with van der Waals surface area (Å²) in [5.74, 6) is 1.21. The fourth-order valence-corrected chi connectivity index (χ4v) is 3.43. The molecule has 110 valence electrons. The Bertz CT molecular complexity index is 454. The lowest BCUT2D eigenvalue weighted by Crippen LogP contribution is -2.47. The van der Waals surface area contributed by atoms with Crippen molar-refractivity contribution in [2.24, 2.45) is 11.8 Å². The number of hydrogen-bond acceptors (Lipinski definition) is 1. The van der Waals surface area contributed by atoms with Crippen LogP contribution in [0.4, 0.5) is 4.79 Å². The third kappa shape index (κ3) is 4.23. The molecular weight excluding hydrogens is 316 g/mol. The number of likely N-dealkylation sites (tertiary alicyclic amines) is 1. The number of halogens is 1. The van der Waals surface area contributed by atoms with Gasteiger partial charge in [-0.3, -0.25) is 0 Å². The third-order valence-corrected chi connectivity index (χ3v) is 4.56. The molecule has 0 radical (unpaired) electrons. The third-order valence-electron chi connectivity index (χ3n) is 3.78. The second kappa shape index (κ2) is 7.11. The zero-order valence-electron chi connectivity index (χ0n) is 12.2. The lowest BCUT2D eigenvalue weighted by molar-refractivity contribution is 0.146. The standard InChI is InChI=1S/C16H23BrN2O/c1-12-9-13(2)11-19(10-12)16(20)18-8-7-14-5-3-4-6-15(14)17/h3-6,12-13H,7-11H2,1-2H3,(H,18,20). The van der Waals surface area contributed by atoms with Crippen LogP contribution in [0.15, 0.2) is 28.7 Å². The van der Waals surface area contributed by atoms with Crippen molar-refractivity contribution >= 4 is 22.0 Å². The van der Waals surface area contributed by atoms with Gasteiger partial charge < -0.3 is 10.2 Å². The van der Waals surface area contributed by atoms with E-state index in [0.29, 0.717) is 18.4 Å². The van der Waals surface area contributed by atoms with Crippen LogP contribution < -0.4 is 5.32 Å². The number of piperidine rings is 1. The average Bonchev–Trinajstić information content (AvgIpc) is 2.39. The predicted molar refractivity (Wildman–Crippen MR) is 85.8 cm³/mol. The minimum atomic E-state index is 0.0791. The Balaban J connectivity index is 1.79. The van der Waals surface area contributed by atoms with Crippen LogP contribution in [0.3, 0.4) is 0 Å². The van der Waals surface area contributed by atoms with Crippen LogP contribution in [0.5, 0.6) is 0 Å². The minimum Gasteiger partial charge on any atom is -0.338 e. The molecule has 1 fully saturated rings. The molecule has 3 nitrogen and oxygen atoms in total. The van der Waals surface area contributed by atoms with E-state index in [9.17, 15) is 4.79 Å². The molecule has 0 bridgehead atoms. The summed E-state index contributed by atoms with van der Waals surface area (Å²) >= 11 is 3.53. The summed E-state index contributed by atoms with van der Waals surface area (Å²) in [5, 5.41) is 3.04. The largest absolute Gasteiger partial charge is 0.338 e. The molecule has 2 rings (SSSR count). The molecular formula is C16H23BrN2O. The second-order valence-corrected chi connectivity index (χ2v) is 6.78. The first kappa shape index (κ1) is 15.4. The molecule has 1 aromatic rings. The lowest BCUT2D eigenvalue weighted by Gasteiger charge is -2.34. The van der Waals surface area contributed by atoms with Gasteiger partial charge in [-0.1, -0.05) is 48.0 Å². The van der Waals surface area contributed by atoms with E-state index in [0.717, 1.165) is 24.0 Å². The van der Waals surface area contributed by atoms with Gasteiger partial charge in [-0.15, -0.1) is 0 Å². The summed E-state index contributed by atoms with van der Waals surface area (Å²) < 4.78 is 1.11. The van der Waals surface area contributed by atoms with E-state index in [1.807, 2.05) is 23.1 Å². The molecule has 1 aliphatic heterocycles. The summed E-state index contributed by atoms with van der Waals surface area (Å²) in [4.78, 5) is 14.1. The van der Waals surface area contributed by atoms with Gasteiger partial charge in [-0.25, -0.2) is 4.79 Å². The molecule has 1 aromatic carbocycles. The van der Waals surface area contributed by atoms with Crippen LogP contribution in [0.1, 0.15) is 25.8 Å². The molecule has 0 aromatic heterocycles. The zero-order valence-corrected chi connectivity index (χ0v) is 13.8. The van der Waals surface area contributed by atoms with Crippen molar-refractivity contribution in [3.05, 3.63) is 34.3 Å². The number of carbonyl (C=O) groups is 1. The molecule has 2 atom stereocenters. The van der Waals surface area contributed by atoms with E-state index in [1.54, 1.807) is 0 Å². The van der Waals surface area contributed by atoms with Gasteiger partial charge in [0.15, 0.2) is 0 Å². The molecule has 1 heterocycles. The van der Waals surface area contributed by atoms with Crippen LogP contribution in [-0.2, 0) is 6.42 Å². The van der Waals surface area contributed by atoms with Crippen molar-refractivity contribution in [2.45, 2.75) is 26.7 Å². The van der Waals surface area contributed by atoms with Crippen LogP contribution >= 0.6 is 15.9 Å². The van der Waals surface area contributed by atoms with Crippen LogP contribution in [0.25, 0.3) is 0 Å². The normalized spacial score (nSPS) is 22.6. The predicted octanol–water partition coefficient (Wildman–Crippen LogP) is 3.68. The van der Waals surface area contributed by atoms with E-state index in [1.165, 1.54) is 12.0 Å². The monoisotopic (exact) mass is 338 g/mol. The summed E-state index contributed by atoms with van der Waals surface area (Å²) in [6.45, 7) is 6.88. The number of nitrogens with zero attached hydrogens (tertiary/aromatic N) is 1. The maximum atomic E-state index is 12.2. The number of rotatable bonds is 3. The van der Waals surface area contributed by atoms with Gasteiger partial charge in [0.2, 0.25) is 0 Å². The van der Waals surface area contributed by atoms with Crippen molar-refractivity contribution in [3.63, 3.8) is 0 Å². The molecule has 1 saturated heterocycles. The van der Waals surface area contributed by atoms with Gasteiger partial charge in [0.05, 0.1) is 0 Å². The Morgan fingerprint density at radius 2 is 1.95 bits per heavy atom. The molecule has 4 heteroatoms. The summed E-state index contributed by atoms with van der Waals surface area (Å²) in [6.07, 6.45) is 2.08. The molecule has 2 unspecified atom stereocenters. The van der Waals surface area contributed by atoms with Gasteiger partial charge in [-0.2, -0.15) is 0 Å². The first-order valence-electron chi connectivity index (χ1n) is 7.32. The summed E-state index contributed by atoms with van der Waals surface area (Å²) in [7, 11) is 0. The van der Waals surface area contributed by atoms with Gasteiger partial charge in [-0.05, 0) is 36.3 Å². The SMILES string of the molecule is CC1CC(C)CN(C(=O)NCCc2ccccc2Br)C1. The van der Waals surface area contributed by atoms with Gasteiger partial charge in [0.1, 0.15) is 0 Å². The van der Waals surface area contributed by atoms with Gasteiger partial charge in [0, 0.05) is 24.1 Å². The maximum Gasteiger partial charge on any atom is 0.317 e. The summed E-state index contributed by atoms with van der Waals surface area (Å²) in [6, 6.07) is 8.22. The molecule has 0 saturated carbocycles. The number of nitrogens with one attached hydrogen (secondary N) is 1.